The van der Waals surface area contributed by atoms with Gasteiger partial charge in [0.1, 0.15) is 5.52 Å². The number of amides is 3. The van der Waals surface area contributed by atoms with Gasteiger partial charge in [0.15, 0.2) is 5.58 Å². The SMILES string of the molecule is CC(=O)N1CCN(Cc2nc3c(N(C(N)=O)c4ccc(C)nc4)cccc3o2)CC1. The van der Waals surface area contributed by atoms with E-state index in [1.165, 1.54) is 4.90 Å². The molecule has 1 aliphatic heterocycles. The lowest BCUT2D eigenvalue weighted by molar-refractivity contribution is -0.130. The summed E-state index contributed by atoms with van der Waals surface area (Å²) < 4.78 is 5.94. The molecule has 0 atom stereocenters. The second kappa shape index (κ2) is 8.11. The van der Waals surface area contributed by atoms with Gasteiger partial charge in [-0.3, -0.25) is 19.6 Å². The predicted octanol–water partition coefficient (Wildman–Crippen LogP) is 2.41. The zero-order chi connectivity index (χ0) is 21.3. The maximum atomic E-state index is 12.3. The number of anilines is 2. The number of carbonyl (C=O) groups excluding carboxylic acids is 2. The van der Waals surface area contributed by atoms with Gasteiger partial charge in [0, 0.05) is 38.8 Å². The highest BCUT2D eigenvalue weighted by Crippen LogP contribution is 2.32. The molecule has 2 aromatic heterocycles. The molecule has 0 unspecified atom stereocenters. The predicted molar refractivity (Wildman–Crippen MR) is 112 cm³/mol. The molecule has 30 heavy (non-hydrogen) atoms. The lowest BCUT2D eigenvalue weighted by atomic mass is 10.2. The van der Waals surface area contributed by atoms with Gasteiger partial charge in [0.2, 0.25) is 11.8 Å². The van der Waals surface area contributed by atoms with Gasteiger partial charge in [0.05, 0.1) is 24.1 Å². The van der Waals surface area contributed by atoms with Gasteiger partial charge >= 0.3 is 6.03 Å². The molecule has 3 amide bonds. The van der Waals surface area contributed by atoms with Crippen LogP contribution in [0.25, 0.3) is 11.1 Å². The summed E-state index contributed by atoms with van der Waals surface area (Å²) in [5.41, 5.74) is 8.77. The number of aromatic nitrogens is 2. The second-order valence-corrected chi connectivity index (χ2v) is 7.35. The second-order valence-electron chi connectivity index (χ2n) is 7.35. The quantitative estimate of drug-likeness (QED) is 0.710. The fraction of sp³-hybridized carbons (Fsp3) is 0.333. The van der Waals surface area contributed by atoms with E-state index in [0.29, 0.717) is 48.0 Å². The number of primary amides is 1. The van der Waals surface area contributed by atoms with Crippen molar-refractivity contribution in [3.63, 3.8) is 0 Å². The minimum atomic E-state index is -0.627. The zero-order valence-electron chi connectivity index (χ0n) is 17.0. The number of fused-ring (bicyclic) bond motifs is 1. The molecule has 0 radical (unpaired) electrons. The highest BCUT2D eigenvalue weighted by atomic mass is 16.3. The van der Waals surface area contributed by atoms with E-state index >= 15 is 0 Å². The largest absolute Gasteiger partial charge is 0.439 e. The Kier molecular flexibility index (Phi) is 5.37. The smallest absolute Gasteiger partial charge is 0.324 e. The topological polar surface area (TPSA) is 109 Å². The van der Waals surface area contributed by atoms with E-state index < -0.39 is 6.03 Å². The molecule has 0 saturated carbocycles. The van der Waals surface area contributed by atoms with Crippen molar-refractivity contribution in [1.29, 1.82) is 0 Å². The van der Waals surface area contributed by atoms with Gasteiger partial charge < -0.3 is 15.1 Å². The number of para-hydroxylation sites is 1. The molecule has 0 spiro atoms. The Morgan fingerprint density at radius 2 is 1.93 bits per heavy atom. The molecule has 2 N–H and O–H groups in total. The van der Waals surface area contributed by atoms with Crippen LogP contribution >= 0.6 is 0 Å². The molecular formula is C21H24N6O3. The van der Waals surface area contributed by atoms with Crippen molar-refractivity contribution in [2.45, 2.75) is 20.4 Å². The molecule has 1 aliphatic rings. The molecule has 1 saturated heterocycles. The fourth-order valence-corrected chi connectivity index (χ4v) is 3.62. The van der Waals surface area contributed by atoms with Crippen LogP contribution in [-0.4, -0.2) is 57.9 Å². The third kappa shape index (κ3) is 3.97. The van der Waals surface area contributed by atoms with Gasteiger partial charge in [-0.05, 0) is 31.2 Å². The van der Waals surface area contributed by atoms with Crippen molar-refractivity contribution in [2.75, 3.05) is 31.1 Å². The summed E-state index contributed by atoms with van der Waals surface area (Å²) in [4.78, 5) is 38.1. The molecule has 0 aliphatic carbocycles. The third-order valence-electron chi connectivity index (χ3n) is 5.23. The zero-order valence-corrected chi connectivity index (χ0v) is 17.0. The van der Waals surface area contributed by atoms with E-state index in [1.807, 2.05) is 24.0 Å². The number of urea groups is 1. The van der Waals surface area contributed by atoms with Crippen LogP contribution in [0.3, 0.4) is 0 Å². The van der Waals surface area contributed by atoms with Crippen LogP contribution in [0, 0.1) is 6.92 Å². The first-order valence-corrected chi connectivity index (χ1v) is 9.81. The van der Waals surface area contributed by atoms with Crippen LogP contribution in [-0.2, 0) is 11.3 Å². The summed E-state index contributed by atoms with van der Waals surface area (Å²) in [6.07, 6.45) is 1.61. The van der Waals surface area contributed by atoms with Crippen LogP contribution in [0.1, 0.15) is 18.5 Å². The van der Waals surface area contributed by atoms with Crippen molar-refractivity contribution < 1.29 is 14.0 Å². The Hall–Kier alpha value is -3.46. The Labute approximate surface area is 174 Å². The first kappa shape index (κ1) is 19.8. The molecule has 3 heterocycles. The number of pyridine rings is 1. The van der Waals surface area contributed by atoms with Crippen LogP contribution in [0.4, 0.5) is 16.2 Å². The molecule has 9 nitrogen and oxygen atoms in total. The average Bonchev–Trinajstić information content (AvgIpc) is 3.13. The Morgan fingerprint density at radius 1 is 1.17 bits per heavy atom. The summed E-state index contributed by atoms with van der Waals surface area (Å²) in [5, 5.41) is 0. The number of carbonyl (C=O) groups is 2. The number of hydrogen-bond acceptors (Lipinski definition) is 6. The fourth-order valence-electron chi connectivity index (χ4n) is 3.62. The van der Waals surface area contributed by atoms with E-state index in [1.54, 1.807) is 31.3 Å². The standard InChI is InChI=1S/C21H24N6O3/c1-14-6-7-16(12-23-14)27(21(22)29)17-4-3-5-18-20(17)24-19(30-18)13-25-8-10-26(11-9-25)15(2)28/h3-7,12H,8-11,13H2,1-2H3,(H2,22,29). The van der Waals surface area contributed by atoms with Gasteiger partial charge in [0.25, 0.3) is 0 Å². The number of rotatable bonds is 4. The highest BCUT2D eigenvalue weighted by Gasteiger charge is 2.23. The van der Waals surface area contributed by atoms with Crippen molar-refractivity contribution in [2.24, 2.45) is 5.73 Å². The summed E-state index contributed by atoms with van der Waals surface area (Å²) in [6.45, 7) is 6.89. The number of benzene rings is 1. The molecular weight excluding hydrogens is 384 g/mol. The van der Waals surface area contributed by atoms with Gasteiger partial charge in [-0.1, -0.05) is 6.07 Å². The normalized spacial score (nSPS) is 14.8. The number of hydrogen-bond donors (Lipinski definition) is 1. The van der Waals surface area contributed by atoms with E-state index in [9.17, 15) is 9.59 Å². The van der Waals surface area contributed by atoms with E-state index in [4.69, 9.17) is 10.2 Å². The molecule has 1 fully saturated rings. The third-order valence-corrected chi connectivity index (χ3v) is 5.23. The number of nitrogens with two attached hydrogens (primary N) is 1. The maximum Gasteiger partial charge on any atom is 0.324 e. The van der Waals surface area contributed by atoms with E-state index in [-0.39, 0.29) is 5.91 Å². The highest BCUT2D eigenvalue weighted by molar-refractivity contribution is 6.04. The summed E-state index contributed by atoms with van der Waals surface area (Å²) >= 11 is 0. The van der Waals surface area contributed by atoms with Crippen molar-refractivity contribution >= 4 is 34.4 Å². The lowest BCUT2D eigenvalue weighted by Gasteiger charge is -2.33. The Morgan fingerprint density at radius 3 is 2.57 bits per heavy atom. The van der Waals surface area contributed by atoms with Crippen LogP contribution in [0.2, 0.25) is 0 Å². The van der Waals surface area contributed by atoms with Crippen LogP contribution in [0.5, 0.6) is 0 Å². The number of piperazine rings is 1. The molecule has 1 aromatic carbocycles. The summed E-state index contributed by atoms with van der Waals surface area (Å²) in [7, 11) is 0. The van der Waals surface area contributed by atoms with Crippen molar-refractivity contribution in [1.82, 2.24) is 19.8 Å². The number of aryl methyl sites for hydroxylation is 1. The minimum Gasteiger partial charge on any atom is -0.439 e. The minimum absolute atomic E-state index is 0.0956. The van der Waals surface area contributed by atoms with Crippen molar-refractivity contribution in [3.8, 4) is 0 Å². The van der Waals surface area contributed by atoms with Crippen LogP contribution < -0.4 is 10.6 Å². The molecule has 0 bridgehead atoms. The first-order chi connectivity index (χ1) is 14.4. The molecule has 3 aromatic rings. The number of nitrogens with zero attached hydrogens (tertiary/aromatic N) is 5. The Bertz CT molecular complexity index is 1070. The van der Waals surface area contributed by atoms with Gasteiger partial charge in [-0.2, -0.15) is 0 Å². The Balaban J connectivity index is 1.61. The monoisotopic (exact) mass is 408 g/mol. The van der Waals surface area contributed by atoms with E-state index in [0.717, 1.165) is 18.8 Å². The van der Waals surface area contributed by atoms with Crippen LogP contribution in [0.15, 0.2) is 40.9 Å². The molecule has 4 rings (SSSR count). The summed E-state index contributed by atoms with van der Waals surface area (Å²) in [5.74, 6) is 0.651. The number of oxazole rings is 1. The molecule has 9 heteroatoms. The maximum absolute atomic E-state index is 12.3. The summed E-state index contributed by atoms with van der Waals surface area (Å²) in [6, 6.07) is 8.39. The van der Waals surface area contributed by atoms with E-state index in [2.05, 4.69) is 14.9 Å². The first-order valence-electron chi connectivity index (χ1n) is 9.81. The van der Waals surface area contributed by atoms with Gasteiger partial charge in [-0.25, -0.2) is 9.78 Å². The molecule has 156 valence electrons. The average molecular weight is 408 g/mol. The lowest BCUT2D eigenvalue weighted by Crippen LogP contribution is -2.47. The van der Waals surface area contributed by atoms with Crippen molar-refractivity contribution in [3.05, 3.63) is 48.1 Å². The van der Waals surface area contributed by atoms with Gasteiger partial charge in [-0.15, -0.1) is 0 Å².